The second kappa shape index (κ2) is 4.35. The van der Waals surface area contributed by atoms with E-state index in [4.69, 9.17) is 0 Å². The fraction of sp³-hybridized carbons (Fsp3) is 0.400. The molecule has 4 nitrogen and oxygen atoms in total. The highest BCUT2D eigenvalue weighted by Gasteiger charge is 2.22. The molecular weight excluding hydrogens is 197 g/mol. The maximum absolute atomic E-state index is 12.7. The van der Waals surface area contributed by atoms with Gasteiger partial charge in [-0.25, -0.2) is 4.98 Å². The van der Waals surface area contributed by atoms with E-state index in [0.29, 0.717) is 0 Å². The molecule has 5 heteroatoms. The summed E-state index contributed by atoms with van der Waals surface area (Å²) in [7, 11) is 0. The van der Waals surface area contributed by atoms with E-state index in [1.807, 2.05) is 0 Å². The monoisotopic (exact) mass is 209 g/mol. The van der Waals surface area contributed by atoms with Crippen molar-refractivity contribution in [2.24, 2.45) is 0 Å². The lowest BCUT2D eigenvalue weighted by molar-refractivity contribution is -0.117. The molecule has 0 bridgehead atoms. The fourth-order valence-corrected chi connectivity index (χ4v) is 1.60. The minimum absolute atomic E-state index is 0.148. The number of amides is 1. The number of pyridine rings is 1. The van der Waals surface area contributed by atoms with E-state index in [-0.39, 0.29) is 17.8 Å². The van der Waals surface area contributed by atoms with Crippen LogP contribution in [0, 0.1) is 5.95 Å². The SMILES string of the molecule is O=C(Nc1cccc(F)n1)C1CCCN1. The summed E-state index contributed by atoms with van der Waals surface area (Å²) >= 11 is 0. The van der Waals surface area contributed by atoms with Gasteiger partial charge in [0.1, 0.15) is 5.82 Å². The summed E-state index contributed by atoms with van der Waals surface area (Å²) in [5, 5.41) is 5.63. The Hall–Kier alpha value is -1.49. The van der Waals surface area contributed by atoms with Crippen LogP contribution in [0.25, 0.3) is 0 Å². The topological polar surface area (TPSA) is 54.0 Å². The quantitative estimate of drug-likeness (QED) is 0.712. The minimum atomic E-state index is -0.591. The van der Waals surface area contributed by atoms with Gasteiger partial charge in [0.2, 0.25) is 11.9 Å². The largest absolute Gasteiger partial charge is 0.309 e. The molecular formula is C10H12FN3O. The van der Waals surface area contributed by atoms with Crippen molar-refractivity contribution >= 4 is 11.7 Å². The van der Waals surface area contributed by atoms with E-state index in [1.54, 1.807) is 6.07 Å². The van der Waals surface area contributed by atoms with Gasteiger partial charge in [0, 0.05) is 0 Å². The summed E-state index contributed by atoms with van der Waals surface area (Å²) < 4.78 is 12.7. The van der Waals surface area contributed by atoms with E-state index in [1.165, 1.54) is 12.1 Å². The predicted octanol–water partition coefficient (Wildman–Crippen LogP) is 0.911. The number of nitrogens with one attached hydrogen (secondary N) is 2. The molecule has 0 spiro atoms. The summed E-state index contributed by atoms with van der Waals surface area (Å²) in [5.74, 6) is -0.480. The number of anilines is 1. The predicted molar refractivity (Wildman–Crippen MR) is 53.8 cm³/mol. The van der Waals surface area contributed by atoms with E-state index in [2.05, 4.69) is 15.6 Å². The first-order chi connectivity index (χ1) is 7.25. The lowest BCUT2D eigenvalue weighted by atomic mass is 10.2. The Kier molecular flexibility index (Phi) is 2.91. The molecule has 80 valence electrons. The van der Waals surface area contributed by atoms with Crippen molar-refractivity contribution in [2.45, 2.75) is 18.9 Å². The van der Waals surface area contributed by atoms with Gasteiger partial charge >= 0.3 is 0 Å². The Bertz CT molecular complexity index is 363. The van der Waals surface area contributed by atoms with Gasteiger partial charge in [0.15, 0.2) is 0 Å². The fourth-order valence-electron chi connectivity index (χ4n) is 1.60. The Labute approximate surface area is 86.9 Å². The van der Waals surface area contributed by atoms with Gasteiger partial charge in [0.25, 0.3) is 0 Å². The number of hydrogen-bond donors (Lipinski definition) is 2. The normalized spacial score (nSPS) is 20.2. The summed E-state index contributed by atoms with van der Waals surface area (Å²) in [6, 6.07) is 4.15. The van der Waals surface area contributed by atoms with Crippen LogP contribution in [-0.4, -0.2) is 23.5 Å². The zero-order chi connectivity index (χ0) is 10.7. The number of halogens is 1. The van der Waals surface area contributed by atoms with Gasteiger partial charge in [-0.3, -0.25) is 4.79 Å². The standard InChI is InChI=1S/C10H12FN3O/c11-8-4-1-5-9(13-8)14-10(15)7-3-2-6-12-7/h1,4-5,7,12H,2-3,6H2,(H,13,14,15). The average molecular weight is 209 g/mol. The van der Waals surface area contributed by atoms with Gasteiger partial charge in [0.05, 0.1) is 6.04 Å². The van der Waals surface area contributed by atoms with E-state index < -0.39 is 5.95 Å². The summed E-state index contributed by atoms with van der Waals surface area (Å²) in [6.45, 7) is 0.856. The molecule has 1 aromatic heterocycles. The van der Waals surface area contributed by atoms with Crippen LogP contribution >= 0.6 is 0 Å². The first-order valence-electron chi connectivity index (χ1n) is 4.92. The second-order valence-corrected chi connectivity index (χ2v) is 3.48. The van der Waals surface area contributed by atoms with E-state index in [0.717, 1.165) is 19.4 Å². The number of aromatic nitrogens is 1. The third-order valence-electron chi connectivity index (χ3n) is 2.34. The Morgan fingerprint density at radius 1 is 1.60 bits per heavy atom. The van der Waals surface area contributed by atoms with Crippen LogP contribution in [0.1, 0.15) is 12.8 Å². The molecule has 2 N–H and O–H groups in total. The van der Waals surface area contributed by atoms with Crippen LogP contribution < -0.4 is 10.6 Å². The lowest BCUT2D eigenvalue weighted by Crippen LogP contribution is -2.35. The van der Waals surface area contributed by atoms with Crippen molar-refractivity contribution < 1.29 is 9.18 Å². The molecule has 0 aliphatic carbocycles. The summed E-state index contributed by atoms with van der Waals surface area (Å²) in [6.07, 6.45) is 1.82. The zero-order valence-electron chi connectivity index (χ0n) is 8.16. The molecule has 0 saturated carbocycles. The number of rotatable bonds is 2. The average Bonchev–Trinajstić information content (AvgIpc) is 2.70. The number of carbonyl (C=O) groups excluding carboxylic acids is 1. The Morgan fingerprint density at radius 2 is 2.47 bits per heavy atom. The molecule has 0 radical (unpaired) electrons. The Balaban J connectivity index is 1.99. The van der Waals surface area contributed by atoms with Gasteiger partial charge in [-0.1, -0.05) is 6.07 Å². The molecule has 1 aromatic rings. The number of nitrogens with zero attached hydrogens (tertiary/aromatic N) is 1. The highest BCUT2D eigenvalue weighted by atomic mass is 19.1. The highest BCUT2D eigenvalue weighted by Crippen LogP contribution is 2.09. The molecule has 15 heavy (non-hydrogen) atoms. The molecule has 2 heterocycles. The second-order valence-electron chi connectivity index (χ2n) is 3.48. The third-order valence-corrected chi connectivity index (χ3v) is 2.34. The molecule has 1 atom stereocenters. The molecule has 1 fully saturated rings. The molecule has 1 unspecified atom stereocenters. The van der Waals surface area contributed by atoms with Crippen LogP contribution in [0.15, 0.2) is 18.2 Å². The van der Waals surface area contributed by atoms with Crippen LogP contribution in [0.5, 0.6) is 0 Å². The van der Waals surface area contributed by atoms with Crippen molar-refractivity contribution in [1.82, 2.24) is 10.3 Å². The molecule has 0 aromatic carbocycles. The molecule has 1 aliphatic heterocycles. The highest BCUT2D eigenvalue weighted by molar-refractivity contribution is 5.94. The van der Waals surface area contributed by atoms with Gasteiger partial charge in [-0.2, -0.15) is 4.39 Å². The smallest absolute Gasteiger partial charge is 0.242 e. The van der Waals surface area contributed by atoms with Crippen LogP contribution in [0.4, 0.5) is 10.2 Å². The molecule has 1 aliphatic rings. The van der Waals surface area contributed by atoms with E-state index >= 15 is 0 Å². The van der Waals surface area contributed by atoms with Gasteiger partial charge in [-0.15, -0.1) is 0 Å². The van der Waals surface area contributed by atoms with Gasteiger partial charge in [-0.05, 0) is 31.5 Å². The van der Waals surface area contributed by atoms with Crippen LogP contribution in [0.2, 0.25) is 0 Å². The van der Waals surface area contributed by atoms with Crippen molar-refractivity contribution in [2.75, 3.05) is 11.9 Å². The van der Waals surface area contributed by atoms with Crippen molar-refractivity contribution in [1.29, 1.82) is 0 Å². The van der Waals surface area contributed by atoms with Crippen LogP contribution in [-0.2, 0) is 4.79 Å². The first-order valence-corrected chi connectivity index (χ1v) is 4.92. The Morgan fingerprint density at radius 3 is 3.13 bits per heavy atom. The maximum Gasteiger partial charge on any atom is 0.242 e. The number of hydrogen-bond acceptors (Lipinski definition) is 3. The maximum atomic E-state index is 12.7. The van der Waals surface area contributed by atoms with Crippen molar-refractivity contribution in [3.8, 4) is 0 Å². The van der Waals surface area contributed by atoms with Crippen LogP contribution in [0.3, 0.4) is 0 Å². The zero-order valence-corrected chi connectivity index (χ0v) is 8.16. The molecule has 2 rings (SSSR count). The molecule has 1 amide bonds. The van der Waals surface area contributed by atoms with E-state index in [9.17, 15) is 9.18 Å². The summed E-state index contributed by atoms with van der Waals surface area (Å²) in [4.78, 5) is 15.1. The van der Waals surface area contributed by atoms with Crippen molar-refractivity contribution in [3.05, 3.63) is 24.1 Å². The minimum Gasteiger partial charge on any atom is -0.309 e. The number of carbonyl (C=O) groups is 1. The third kappa shape index (κ3) is 2.50. The lowest BCUT2D eigenvalue weighted by Gasteiger charge is -2.09. The molecule has 1 saturated heterocycles. The first kappa shape index (κ1) is 10.0. The summed E-state index contributed by atoms with van der Waals surface area (Å²) in [5.41, 5.74) is 0. The van der Waals surface area contributed by atoms with Gasteiger partial charge < -0.3 is 10.6 Å². The van der Waals surface area contributed by atoms with Crippen molar-refractivity contribution in [3.63, 3.8) is 0 Å².